The Labute approximate surface area is 145 Å². The van der Waals surface area contributed by atoms with Crippen LogP contribution in [-0.2, 0) is 11.2 Å². The van der Waals surface area contributed by atoms with E-state index in [9.17, 15) is 4.79 Å². The predicted molar refractivity (Wildman–Crippen MR) is 98.9 cm³/mol. The summed E-state index contributed by atoms with van der Waals surface area (Å²) in [5, 5.41) is 4.31. The summed E-state index contributed by atoms with van der Waals surface area (Å²) in [6.07, 6.45) is 0.710. The quantitative estimate of drug-likeness (QED) is 0.640. The average molecular weight is 335 g/mol. The predicted octanol–water partition coefficient (Wildman–Crippen LogP) is 3.37. The summed E-state index contributed by atoms with van der Waals surface area (Å²) in [5.74, 6) is 0.104. The molecule has 0 spiro atoms. The van der Waals surface area contributed by atoms with E-state index in [-0.39, 0.29) is 18.0 Å². The maximum atomic E-state index is 12.6. The van der Waals surface area contributed by atoms with E-state index in [4.69, 9.17) is 12.2 Å². The van der Waals surface area contributed by atoms with Crippen LogP contribution >= 0.6 is 12.2 Å². The minimum atomic E-state index is -0.171. The van der Waals surface area contributed by atoms with Crippen molar-refractivity contribution >= 4 is 44.9 Å². The number of carbonyl (C=O) groups is 1. The summed E-state index contributed by atoms with van der Waals surface area (Å²) in [7, 11) is 1.77. The van der Waals surface area contributed by atoms with Gasteiger partial charge in [0.1, 0.15) is 6.04 Å². The zero-order valence-corrected chi connectivity index (χ0v) is 14.4. The van der Waals surface area contributed by atoms with Crippen molar-refractivity contribution in [3.8, 4) is 0 Å². The Morgan fingerprint density at radius 1 is 1.21 bits per heavy atom. The lowest BCUT2D eigenvalue weighted by Gasteiger charge is -2.34. The third-order valence-electron chi connectivity index (χ3n) is 5.50. The third kappa shape index (κ3) is 1.62. The highest BCUT2D eigenvalue weighted by Crippen LogP contribution is 2.41. The number of rotatable bonds is 0. The van der Waals surface area contributed by atoms with Gasteiger partial charge in [0.05, 0.1) is 6.04 Å². The number of aromatic nitrogens is 1. The number of hydrogen-bond acceptors (Lipinski definition) is 2. The Kier molecular flexibility index (Phi) is 2.66. The monoisotopic (exact) mass is 335 g/mol. The Balaban J connectivity index is 1.75. The van der Waals surface area contributed by atoms with Gasteiger partial charge in [-0.1, -0.05) is 24.3 Å². The number of nitrogens with zero attached hydrogens (tertiary/aromatic N) is 2. The summed E-state index contributed by atoms with van der Waals surface area (Å²) in [5.41, 5.74) is 3.58. The largest absolute Gasteiger partial charge is 0.356 e. The number of nitrogens with one attached hydrogen (secondary N) is 1. The standard InChI is InChI=1S/C19H17N3OS/c1-10-17-14(9-16-18(23)21(2)19(24)22(10)16)13-7-11-5-3-4-6-12(11)8-15(13)20-17/h3-8,10,16,20H,9H2,1-2H3. The maximum absolute atomic E-state index is 12.6. The van der Waals surface area contributed by atoms with E-state index in [1.54, 1.807) is 11.9 Å². The highest BCUT2D eigenvalue weighted by atomic mass is 32.1. The van der Waals surface area contributed by atoms with E-state index in [2.05, 4.69) is 53.2 Å². The molecule has 2 unspecified atom stereocenters. The van der Waals surface area contributed by atoms with Crippen LogP contribution in [-0.4, -0.2) is 38.9 Å². The molecule has 5 rings (SSSR count). The van der Waals surface area contributed by atoms with E-state index in [1.165, 1.54) is 27.4 Å². The highest BCUT2D eigenvalue weighted by molar-refractivity contribution is 7.80. The number of fused-ring (bicyclic) bond motifs is 5. The second-order valence-electron chi connectivity index (χ2n) is 6.75. The van der Waals surface area contributed by atoms with Gasteiger partial charge in [-0.15, -0.1) is 0 Å². The van der Waals surface area contributed by atoms with Crippen LogP contribution in [0, 0.1) is 0 Å². The first-order valence-corrected chi connectivity index (χ1v) is 8.60. The second kappa shape index (κ2) is 4.57. The molecule has 2 atom stereocenters. The highest BCUT2D eigenvalue weighted by Gasteiger charge is 2.47. The molecule has 1 fully saturated rings. The van der Waals surface area contributed by atoms with Gasteiger partial charge in [0.15, 0.2) is 5.11 Å². The van der Waals surface area contributed by atoms with Crippen LogP contribution in [0.15, 0.2) is 36.4 Å². The zero-order chi connectivity index (χ0) is 16.6. The SMILES string of the molecule is CC1c2[nH]c3cc4ccccc4cc3c2CC2C(=O)N(C)C(=S)N21. The molecule has 2 aliphatic heterocycles. The Hall–Kier alpha value is -2.40. The topological polar surface area (TPSA) is 39.3 Å². The molecular weight excluding hydrogens is 318 g/mol. The van der Waals surface area contributed by atoms with Crippen molar-refractivity contribution in [2.45, 2.75) is 25.4 Å². The molecule has 3 heterocycles. The molecule has 0 radical (unpaired) electrons. The maximum Gasteiger partial charge on any atom is 0.251 e. The van der Waals surface area contributed by atoms with Gasteiger partial charge in [0.2, 0.25) is 0 Å². The Bertz CT molecular complexity index is 1040. The number of amides is 1. The van der Waals surface area contributed by atoms with Crippen molar-refractivity contribution in [1.29, 1.82) is 0 Å². The summed E-state index contributed by atoms with van der Waals surface area (Å²) < 4.78 is 0. The van der Waals surface area contributed by atoms with Crippen LogP contribution in [0.25, 0.3) is 21.7 Å². The number of hydrogen-bond donors (Lipinski definition) is 1. The van der Waals surface area contributed by atoms with Gasteiger partial charge in [-0.25, -0.2) is 0 Å². The van der Waals surface area contributed by atoms with E-state index >= 15 is 0 Å². The number of likely N-dealkylation sites (N-methyl/N-ethyl adjacent to an activating group) is 1. The van der Waals surface area contributed by atoms with Crippen LogP contribution < -0.4 is 0 Å². The van der Waals surface area contributed by atoms with Crippen molar-refractivity contribution < 1.29 is 4.79 Å². The van der Waals surface area contributed by atoms with Crippen LogP contribution in [0.4, 0.5) is 0 Å². The van der Waals surface area contributed by atoms with Crippen LogP contribution in [0.3, 0.4) is 0 Å². The summed E-state index contributed by atoms with van der Waals surface area (Å²) in [6, 6.07) is 12.7. The first-order chi connectivity index (χ1) is 11.6. The molecule has 2 aliphatic rings. The van der Waals surface area contributed by atoms with Crippen molar-refractivity contribution in [2.75, 3.05) is 7.05 Å². The van der Waals surface area contributed by atoms with Gasteiger partial charge < -0.3 is 9.88 Å². The fraction of sp³-hybridized carbons (Fsp3) is 0.263. The first kappa shape index (κ1) is 14.0. The summed E-state index contributed by atoms with van der Waals surface area (Å²) in [6.45, 7) is 2.12. The number of thiocarbonyl (C=S) groups is 1. The van der Waals surface area contributed by atoms with E-state index in [0.29, 0.717) is 11.5 Å². The minimum Gasteiger partial charge on any atom is -0.356 e. The molecule has 5 heteroatoms. The average Bonchev–Trinajstić information content (AvgIpc) is 3.05. The Morgan fingerprint density at radius 3 is 2.67 bits per heavy atom. The fourth-order valence-electron chi connectivity index (χ4n) is 4.23. The summed E-state index contributed by atoms with van der Waals surface area (Å²) >= 11 is 5.49. The zero-order valence-electron chi connectivity index (χ0n) is 13.5. The molecule has 3 aromatic rings. The molecule has 0 bridgehead atoms. The number of H-pyrrole nitrogens is 1. The number of carbonyl (C=O) groups excluding carboxylic acids is 1. The fourth-order valence-corrected chi connectivity index (χ4v) is 4.61. The van der Waals surface area contributed by atoms with Crippen molar-refractivity contribution in [1.82, 2.24) is 14.8 Å². The van der Waals surface area contributed by atoms with Gasteiger partial charge >= 0.3 is 0 Å². The molecule has 120 valence electrons. The van der Waals surface area contributed by atoms with Crippen molar-refractivity contribution in [2.24, 2.45) is 0 Å². The number of benzene rings is 2. The third-order valence-corrected chi connectivity index (χ3v) is 5.98. The Morgan fingerprint density at radius 2 is 1.92 bits per heavy atom. The van der Waals surface area contributed by atoms with Crippen LogP contribution in [0.1, 0.15) is 24.2 Å². The molecule has 0 saturated carbocycles. The van der Waals surface area contributed by atoms with Gasteiger partial charge in [-0.3, -0.25) is 9.69 Å². The second-order valence-corrected chi connectivity index (χ2v) is 7.11. The van der Waals surface area contributed by atoms with Gasteiger partial charge in [-0.2, -0.15) is 0 Å². The van der Waals surface area contributed by atoms with Crippen LogP contribution in [0.5, 0.6) is 0 Å². The molecular formula is C19H17N3OS. The lowest BCUT2D eigenvalue weighted by Crippen LogP contribution is -2.42. The molecule has 1 N–H and O–H groups in total. The molecule has 1 amide bonds. The number of aromatic amines is 1. The molecule has 0 aliphatic carbocycles. The van der Waals surface area contributed by atoms with Crippen molar-refractivity contribution in [3.05, 3.63) is 47.7 Å². The molecule has 1 saturated heterocycles. The van der Waals surface area contributed by atoms with E-state index in [0.717, 1.165) is 5.52 Å². The minimum absolute atomic E-state index is 0.0793. The molecule has 4 nitrogen and oxygen atoms in total. The first-order valence-electron chi connectivity index (χ1n) is 8.19. The van der Waals surface area contributed by atoms with Gasteiger partial charge in [0, 0.05) is 30.1 Å². The smallest absolute Gasteiger partial charge is 0.251 e. The van der Waals surface area contributed by atoms with Gasteiger partial charge in [-0.05, 0) is 47.6 Å². The van der Waals surface area contributed by atoms with E-state index in [1.807, 2.05) is 0 Å². The molecule has 2 aromatic carbocycles. The van der Waals surface area contributed by atoms with Crippen molar-refractivity contribution in [3.63, 3.8) is 0 Å². The van der Waals surface area contributed by atoms with E-state index < -0.39 is 0 Å². The lowest BCUT2D eigenvalue weighted by atomic mass is 9.92. The lowest BCUT2D eigenvalue weighted by molar-refractivity contribution is -0.127. The molecule has 24 heavy (non-hydrogen) atoms. The normalized spacial score (nSPS) is 23.2. The molecule has 1 aromatic heterocycles. The van der Waals surface area contributed by atoms with Gasteiger partial charge in [0.25, 0.3) is 5.91 Å². The summed E-state index contributed by atoms with van der Waals surface area (Å²) in [4.78, 5) is 19.8. The van der Waals surface area contributed by atoms with Crippen LogP contribution in [0.2, 0.25) is 0 Å².